The zero-order chi connectivity index (χ0) is 23.1. The number of aromatic nitrogens is 1. The number of benzene rings is 2. The maximum Gasteiger partial charge on any atom is 0.356 e. The molecule has 2 fully saturated rings. The summed E-state index contributed by atoms with van der Waals surface area (Å²) in [6.07, 6.45) is 6.29. The van der Waals surface area contributed by atoms with Gasteiger partial charge in [-0.25, -0.2) is 4.79 Å². The molecular weight excluding hydrogens is 434 g/mol. The van der Waals surface area contributed by atoms with Gasteiger partial charge in [0.2, 0.25) is 0 Å². The van der Waals surface area contributed by atoms with E-state index in [0.29, 0.717) is 40.8 Å². The molecule has 2 aliphatic rings. The van der Waals surface area contributed by atoms with Crippen LogP contribution < -0.4 is 4.74 Å². The predicted octanol–water partition coefficient (Wildman–Crippen LogP) is 7.88. The Morgan fingerprint density at radius 1 is 1.12 bits per heavy atom. The summed E-state index contributed by atoms with van der Waals surface area (Å²) < 4.78 is 8.20. The summed E-state index contributed by atoms with van der Waals surface area (Å²) in [5, 5.41) is 11.7. The van der Waals surface area contributed by atoms with Crippen molar-refractivity contribution in [1.29, 1.82) is 0 Å². The number of rotatable bonds is 6. The number of ether oxygens (including phenoxy) is 1. The van der Waals surface area contributed by atoms with Crippen LogP contribution in [-0.4, -0.2) is 15.6 Å². The molecule has 33 heavy (non-hydrogen) atoms. The number of aromatic carboxylic acids is 1. The summed E-state index contributed by atoms with van der Waals surface area (Å²) in [4.78, 5) is 12.6. The normalized spacial score (nSPS) is 26.9. The molecule has 2 aromatic carbocycles. The van der Waals surface area contributed by atoms with Crippen molar-refractivity contribution in [2.45, 2.75) is 52.5 Å². The zero-order valence-electron chi connectivity index (χ0n) is 19.3. The highest BCUT2D eigenvalue weighted by Gasteiger charge is 2.42. The van der Waals surface area contributed by atoms with Gasteiger partial charge in [0.1, 0.15) is 5.75 Å². The summed E-state index contributed by atoms with van der Waals surface area (Å²) in [7, 11) is 0. The van der Waals surface area contributed by atoms with Crippen LogP contribution in [0.25, 0.3) is 10.9 Å². The van der Waals surface area contributed by atoms with Crippen molar-refractivity contribution >= 4 is 28.5 Å². The van der Waals surface area contributed by atoms with Gasteiger partial charge < -0.3 is 14.4 Å². The first-order valence-corrected chi connectivity index (χ1v) is 12.6. The number of carboxylic acids is 1. The second-order valence-corrected chi connectivity index (χ2v) is 10.6. The molecule has 5 atom stereocenters. The molecule has 2 bridgehead atoms. The summed E-state index contributed by atoms with van der Waals surface area (Å²) in [5.74, 6) is 3.38. The minimum absolute atomic E-state index is 0.219. The van der Waals surface area contributed by atoms with E-state index in [1.807, 2.05) is 53.1 Å². The van der Waals surface area contributed by atoms with Gasteiger partial charge in [-0.05, 0) is 85.6 Å². The summed E-state index contributed by atoms with van der Waals surface area (Å²) in [5.41, 5.74) is 1.10. The highest BCUT2D eigenvalue weighted by atomic mass is 35.5. The van der Waals surface area contributed by atoms with Crippen molar-refractivity contribution in [3.8, 4) is 11.5 Å². The van der Waals surface area contributed by atoms with Crippen molar-refractivity contribution in [3.05, 3.63) is 59.2 Å². The van der Waals surface area contributed by atoms with Crippen molar-refractivity contribution in [2.75, 3.05) is 0 Å². The fourth-order valence-corrected chi connectivity index (χ4v) is 6.89. The Hall–Kier alpha value is -2.46. The Morgan fingerprint density at radius 2 is 1.91 bits per heavy atom. The van der Waals surface area contributed by atoms with E-state index in [2.05, 4.69) is 13.8 Å². The molecule has 1 heterocycles. The largest absolute Gasteiger partial charge is 0.476 e. The number of fused-ring (bicyclic) bond motifs is 3. The van der Waals surface area contributed by atoms with Gasteiger partial charge in [-0.15, -0.1) is 0 Å². The van der Waals surface area contributed by atoms with Gasteiger partial charge in [-0.1, -0.05) is 50.1 Å². The van der Waals surface area contributed by atoms with Gasteiger partial charge in [-0.2, -0.15) is 0 Å². The van der Waals surface area contributed by atoms with Gasteiger partial charge in [0.15, 0.2) is 11.4 Å². The first-order chi connectivity index (χ1) is 15.9. The third-order valence-corrected chi connectivity index (χ3v) is 8.22. The van der Waals surface area contributed by atoms with Crippen LogP contribution in [0.3, 0.4) is 0 Å². The Kier molecular flexibility index (Phi) is 6.13. The second kappa shape index (κ2) is 9.06. The first kappa shape index (κ1) is 22.3. The summed E-state index contributed by atoms with van der Waals surface area (Å²) >= 11 is 6.35. The lowest BCUT2D eigenvalue weighted by molar-refractivity contribution is 0.0276. The van der Waals surface area contributed by atoms with Crippen molar-refractivity contribution < 1.29 is 14.6 Å². The van der Waals surface area contributed by atoms with Crippen LogP contribution in [0.4, 0.5) is 0 Å². The van der Waals surface area contributed by atoms with Crippen LogP contribution in [-0.2, 0) is 6.54 Å². The lowest BCUT2D eigenvalue weighted by Gasteiger charge is -2.47. The number of carbonyl (C=O) groups is 1. The molecule has 0 spiro atoms. The van der Waals surface area contributed by atoms with Gasteiger partial charge in [0.05, 0.1) is 5.52 Å². The molecule has 0 radical (unpaired) electrons. The predicted molar refractivity (Wildman–Crippen MR) is 132 cm³/mol. The standard InChI is InChI=1S/C28H32ClNO3/c1-3-19-13-18-11-17(2)12-20(14-18)24(19)16-30-25-10-9-21(29)15-23(25)27(26(30)28(31)32)33-22-7-5-4-6-8-22/h4-10,15,17-20,24H,3,11-14,16H2,1-2H3,(H,31,32). The maximum atomic E-state index is 12.6. The lowest BCUT2D eigenvalue weighted by Crippen LogP contribution is -2.40. The lowest BCUT2D eigenvalue weighted by atomic mass is 9.59. The minimum Gasteiger partial charge on any atom is -0.476 e. The van der Waals surface area contributed by atoms with Crippen LogP contribution in [0, 0.1) is 29.6 Å². The van der Waals surface area contributed by atoms with Gasteiger partial charge in [-0.3, -0.25) is 0 Å². The highest BCUT2D eigenvalue weighted by Crippen LogP contribution is 2.50. The Balaban J connectivity index is 1.61. The Bertz CT molecular complexity index is 1150. The number of para-hydroxylation sites is 1. The van der Waals surface area contributed by atoms with Crippen LogP contribution >= 0.6 is 11.6 Å². The molecule has 5 heteroatoms. The summed E-state index contributed by atoms with van der Waals surface area (Å²) in [6.45, 7) is 5.38. The second-order valence-electron chi connectivity index (χ2n) is 10.2. The van der Waals surface area contributed by atoms with Crippen LogP contribution in [0.5, 0.6) is 11.5 Å². The molecule has 5 rings (SSSR count). The average Bonchev–Trinajstić information content (AvgIpc) is 3.08. The molecule has 2 saturated carbocycles. The molecule has 4 nitrogen and oxygen atoms in total. The molecule has 2 aliphatic carbocycles. The van der Waals surface area contributed by atoms with Crippen molar-refractivity contribution in [1.82, 2.24) is 4.57 Å². The van der Waals surface area contributed by atoms with Crippen LogP contribution in [0.15, 0.2) is 48.5 Å². The fraction of sp³-hybridized carbons (Fsp3) is 0.464. The van der Waals surface area contributed by atoms with E-state index in [-0.39, 0.29) is 5.69 Å². The third-order valence-electron chi connectivity index (χ3n) is 7.99. The highest BCUT2D eigenvalue weighted by molar-refractivity contribution is 6.31. The molecule has 0 aliphatic heterocycles. The van der Waals surface area contributed by atoms with Crippen molar-refractivity contribution in [3.63, 3.8) is 0 Å². The maximum absolute atomic E-state index is 12.6. The SMILES string of the molecule is CCC1CC2CC(C)CC(C2)C1Cn1c(C(=O)O)c(Oc2ccccc2)c2cc(Cl)ccc21. The van der Waals surface area contributed by atoms with Gasteiger partial charge in [0.25, 0.3) is 0 Å². The third kappa shape index (κ3) is 4.26. The molecule has 1 N–H and O–H groups in total. The first-order valence-electron chi connectivity index (χ1n) is 12.2. The van der Waals surface area contributed by atoms with Gasteiger partial charge >= 0.3 is 5.97 Å². The van der Waals surface area contributed by atoms with E-state index in [4.69, 9.17) is 16.3 Å². The molecule has 0 saturated heterocycles. The number of hydrogen-bond donors (Lipinski definition) is 1. The molecule has 5 unspecified atom stereocenters. The fourth-order valence-electron chi connectivity index (χ4n) is 6.72. The van der Waals surface area contributed by atoms with Crippen LogP contribution in [0.1, 0.15) is 56.4 Å². The monoisotopic (exact) mass is 465 g/mol. The molecular formula is C28H32ClNO3. The quantitative estimate of drug-likeness (QED) is 0.402. The molecule has 3 aromatic rings. The topological polar surface area (TPSA) is 51.5 Å². The molecule has 1 aromatic heterocycles. The number of halogens is 1. The smallest absolute Gasteiger partial charge is 0.356 e. The minimum atomic E-state index is -0.966. The van der Waals surface area contributed by atoms with E-state index in [0.717, 1.165) is 29.2 Å². The van der Waals surface area contributed by atoms with E-state index in [1.165, 1.54) is 25.7 Å². The molecule has 0 amide bonds. The number of hydrogen-bond acceptors (Lipinski definition) is 2. The van der Waals surface area contributed by atoms with E-state index in [9.17, 15) is 9.90 Å². The molecule has 174 valence electrons. The Morgan fingerprint density at radius 3 is 2.64 bits per heavy atom. The van der Waals surface area contributed by atoms with Crippen LogP contribution in [0.2, 0.25) is 5.02 Å². The van der Waals surface area contributed by atoms with E-state index >= 15 is 0 Å². The Labute approximate surface area is 200 Å². The van der Waals surface area contributed by atoms with Crippen molar-refractivity contribution in [2.24, 2.45) is 29.6 Å². The summed E-state index contributed by atoms with van der Waals surface area (Å²) in [6, 6.07) is 15.0. The number of nitrogens with zero attached hydrogens (tertiary/aromatic N) is 1. The van der Waals surface area contributed by atoms with E-state index in [1.54, 1.807) is 0 Å². The van der Waals surface area contributed by atoms with E-state index < -0.39 is 5.97 Å². The van der Waals surface area contributed by atoms with Gasteiger partial charge in [0, 0.05) is 17.0 Å². The zero-order valence-corrected chi connectivity index (χ0v) is 20.1. The average molecular weight is 466 g/mol. The number of carboxylic acid groups (broad SMARTS) is 1.